The lowest BCUT2D eigenvalue weighted by molar-refractivity contribution is -0.151. The first-order valence-electron chi connectivity index (χ1n) is 9.33. The van der Waals surface area contributed by atoms with Gasteiger partial charge in [-0.15, -0.1) is 0 Å². The van der Waals surface area contributed by atoms with Crippen LogP contribution in [0.1, 0.15) is 22.3 Å². The number of hydrogen-bond donors (Lipinski definition) is 2. The van der Waals surface area contributed by atoms with E-state index in [1.165, 1.54) is 0 Å². The Morgan fingerprint density at radius 1 is 1.23 bits per heavy atom. The molecule has 2 aromatic carbocycles. The van der Waals surface area contributed by atoms with Gasteiger partial charge < -0.3 is 10.1 Å². The van der Waals surface area contributed by atoms with E-state index in [1.807, 2.05) is 0 Å². The minimum atomic E-state index is -0.778. The van der Waals surface area contributed by atoms with Gasteiger partial charge in [-0.3, -0.25) is 29.6 Å². The van der Waals surface area contributed by atoms with Gasteiger partial charge >= 0.3 is 5.97 Å². The second kappa shape index (κ2) is 9.93. The molecule has 2 N–H and O–H groups in total. The van der Waals surface area contributed by atoms with E-state index in [9.17, 15) is 19.2 Å². The Kier molecular flexibility index (Phi) is 7.29. The summed E-state index contributed by atoms with van der Waals surface area (Å²) in [5, 5.41) is 4.09. The van der Waals surface area contributed by atoms with Crippen LogP contribution in [0.25, 0.3) is 0 Å². The highest BCUT2D eigenvalue weighted by atomic mass is 79.9. The average molecular weight is 509 g/mol. The predicted octanol–water partition coefficient (Wildman–Crippen LogP) is 3.09. The van der Waals surface area contributed by atoms with Gasteiger partial charge in [0.05, 0.1) is 17.5 Å². The number of nitrogens with one attached hydrogen (secondary N) is 2. The molecular formula is C21H19BrClN3O5. The molecule has 0 spiro atoms. The number of rotatable bonds is 6. The van der Waals surface area contributed by atoms with Gasteiger partial charge in [-0.25, -0.2) is 0 Å². The number of hydrazine groups is 1. The van der Waals surface area contributed by atoms with Gasteiger partial charge in [0.15, 0.2) is 6.61 Å². The van der Waals surface area contributed by atoms with Gasteiger partial charge in [0.1, 0.15) is 0 Å². The highest BCUT2D eigenvalue weighted by Gasteiger charge is 2.36. The predicted molar refractivity (Wildman–Crippen MR) is 117 cm³/mol. The van der Waals surface area contributed by atoms with Crippen LogP contribution in [0, 0.1) is 12.8 Å². The lowest BCUT2D eigenvalue weighted by Gasteiger charge is -2.18. The van der Waals surface area contributed by atoms with Crippen LogP contribution in [0.2, 0.25) is 5.02 Å². The van der Waals surface area contributed by atoms with Crippen molar-refractivity contribution in [3.05, 3.63) is 63.1 Å². The van der Waals surface area contributed by atoms with Crippen molar-refractivity contribution in [3.8, 4) is 0 Å². The van der Waals surface area contributed by atoms with Crippen molar-refractivity contribution in [2.75, 3.05) is 18.5 Å². The summed E-state index contributed by atoms with van der Waals surface area (Å²) in [6.07, 6.45) is -0.114. The van der Waals surface area contributed by atoms with E-state index in [0.717, 1.165) is 10.6 Å². The zero-order valence-corrected chi connectivity index (χ0v) is 18.8. The Bertz CT molecular complexity index is 1050. The summed E-state index contributed by atoms with van der Waals surface area (Å²) in [4.78, 5) is 48.9. The van der Waals surface area contributed by atoms with Crippen LogP contribution in [0.3, 0.4) is 0 Å². The fraction of sp³-hybridized carbons (Fsp3) is 0.238. The zero-order valence-electron chi connectivity index (χ0n) is 16.5. The molecule has 1 atom stereocenters. The van der Waals surface area contributed by atoms with E-state index in [-0.39, 0.29) is 13.0 Å². The van der Waals surface area contributed by atoms with E-state index in [0.29, 0.717) is 20.7 Å². The van der Waals surface area contributed by atoms with Gasteiger partial charge in [-0.2, -0.15) is 0 Å². The fourth-order valence-electron chi connectivity index (χ4n) is 3.01. The smallest absolute Gasteiger partial charge is 0.311 e. The molecule has 1 fully saturated rings. The Hall–Kier alpha value is -2.91. The third kappa shape index (κ3) is 5.83. The molecule has 162 valence electrons. The highest BCUT2D eigenvalue weighted by molar-refractivity contribution is 9.10. The summed E-state index contributed by atoms with van der Waals surface area (Å²) in [6.45, 7) is 1.25. The first kappa shape index (κ1) is 22.8. The lowest BCUT2D eigenvalue weighted by Crippen LogP contribution is -2.43. The van der Waals surface area contributed by atoms with Gasteiger partial charge in [-0.1, -0.05) is 29.8 Å². The van der Waals surface area contributed by atoms with E-state index < -0.39 is 36.2 Å². The van der Waals surface area contributed by atoms with Crippen LogP contribution in [0.5, 0.6) is 0 Å². The maximum absolute atomic E-state index is 12.4. The van der Waals surface area contributed by atoms with Crippen LogP contribution >= 0.6 is 27.5 Å². The number of esters is 1. The molecule has 3 amide bonds. The van der Waals surface area contributed by atoms with Gasteiger partial charge in [-0.05, 0) is 52.7 Å². The first-order chi connectivity index (χ1) is 14.7. The molecule has 3 rings (SSSR count). The number of amides is 3. The number of hydrogen-bond acceptors (Lipinski definition) is 5. The number of nitrogens with zero attached hydrogens (tertiary/aromatic N) is 1. The minimum Gasteiger partial charge on any atom is -0.455 e. The molecule has 0 aromatic heterocycles. The molecule has 0 unspecified atom stereocenters. The second-order valence-electron chi connectivity index (χ2n) is 6.95. The lowest BCUT2D eigenvalue weighted by atomic mass is 10.1. The number of aryl methyl sites for hydroxylation is 1. The summed E-state index contributed by atoms with van der Waals surface area (Å²) in [6, 6.07) is 11.8. The molecule has 1 aliphatic rings. The SMILES string of the molecule is Cc1ccccc1C(=O)NN1C[C@H](C(=O)OCC(=O)Nc2ccc(Br)c(Cl)c2)CC1=O. The van der Waals surface area contributed by atoms with Crippen LogP contribution in [-0.4, -0.2) is 41.9 Å². The van der Waals surface area contributed by atoms with Gasteiger partial charge in [0, 0.05) is 22.1 Å². The van der Waals surface area contributed by atoms with E-state index >= 15 is 0 Å². The average Bonchev–Trinajstić information content (AvgIpc) is 3.09. The summed E-state index contributed by atoms with van der Waals surface area (Å²) in [5.41, 5.74) is 4.17. The Morgan fingerprint density at radius 2 is 1.97 bits per heavy atom. The van der Waals surface area contributed by atoms with Gasteiger partial charge in [0.2, 0.25) is 5.91 Å². The molecule has 10 heteroatoms. The van der Waals surface area contributed by atoms with Crippen molar-refractivity contribution < 1.29 is 23.9 Å². The molecule has 0 radical (unpaired) electrons. The molecule has 0 bridgehead atoms. The number of ether oxygens (including phenoxy) is 1. The number of carbonyl (C=O) groups excluding carboxylic acids is 4. The van der Waals surface area contributed by atoms with E-state index in [2.05, 4.69) is 26.7 Å². The van der Waals surface area contributed by atoms with Crippen LogP contribution in [0.15, 0.2) is 46.9 Å². The number of anilines is 1. The molecule has 31 heavy (non-hydrogen) atoms. The maximum Gasteiger partial charge on any atom is 0.311 e. The molecule has 1 aliphatic heterocycles. The summed E-state index contributed by atoms with van der Waals surface area (Å²) in [5.74, 6) is -2.85. The van der Waals surface area contributed by atoms with Crippen molar-refractivity contribution in [3.63, 3.8) is 0 Å². The van der Waals surface area contributed by atoms with Crippen molar-refractivity contribution in [2.45, 2.75) is 13.3 Å². The van der Waals surface area contributed by atoms with E-state index in [4.69, 9.17) is 16.3 Å². The summed E-state index contributed by atoms with van der Waals surface area (Å²) < 4.78 is 5.72. The van der Waals surface area contributed by atoms with Crippen molar-refractivity contribution in [1.29, 1.82) is 0 Å². The zero-order chi connectivity index (χ0) is 22.5. The fourth-order valence-corrected chi connectivity index (χ4v) is 3.44. The monoisotopic (exact) mass is 507 g/mol. The third-order valence-corrected chi connectivity index (χ3v) is 5.87. The largest absolute Gasteiger partial charge is 0.455 e. The quantitative estimate of drug-likeness (QED) is 0.584. The number of benzene rings is 2. The van der Waals surface area contributed by atoms with Crippen LogP contribution < -0.4 is 10.7 Å². The third-order valence-electron chi connectivity index (χ3n) is 4.63. The molecular weight excluding hydrogens is 490 g/mol. The molecule has 0 aliphatic carbocycles. The van der Waals surface area contributed by atoms with Crippen LogP contribution in [0.4, 0.5) is 5.69 Å². The van der Waals surface area contributed by atoms with Gasteiger partial charge in [0.25, 0.3) is 11.8 Å². The first-order valence-corrected chi connectivity index (χ1v) is 10.5. The van der Waals surface area contributed by atoms with Crippen molar-refractivity contribution in [2.24, 2.45) is 5.92 Å². The second-order valence-corrected chi connectivity index (χ2v) is 8.21. The number of carbonyl (C=O) groups is 4. The van der Waals surface area contributed by atoms with Crippen molar-refractivity contribution in [1.82, 2.24) is 10.4 Å². The topological polar surface area (TPSA) is 105 Å². The molecule has 0 saturated carbocycles. The molecule has 2 aromatic rings. The standard InChI is InChI=1S/C21H19BrClN3O5/c1-12-4-2-3-5-15(12)20(29)25-26-10-13(8-19(26)28)21(30)31-11-18(27)24-14-6-7-16(22)17(23)9-14/h2-7,9,13H,8,10-11H2,1H3,(H,24,27)(H,25,29)/t13-/m1/s1. The molecule has 1 saturated heterocycles. The molecule has 1 heterocycles. The highest BCUT2D eigenvalue weighted by Crippen LogP contribution is 2.25. The minimum absolute atomic E-state index is 0.0285. The van der Waals surface area contributed by atoms with Crippen molar-refractivity contribution >= 4 is 56.9 Å². The Morgan fingerprint density at radius 3 is 2.68 bits per heavy atom. The summed E-state index contributed by atoms with van der Waals surface area (Å²) >= 11 is 9.22. The maximum atomic E-state index is 12.4. The number of halogens is 2. The Labute approximate surface area is 192 Å². The molecule has 8 nitrogen and oxygen atoms in total. The van der Waals surface area contributed by atoms with Crippen LogP contribution in [-0.2, 0) is 19.1 Å². The summed E-state index contributed by atoms with van der Waals surface area (Å²) in [7, 11) is 0. The Balaban J connectivity index is 1.49. The van der Waals surface area contributed by atoms with E-state index in [1.54, 1.807) is 49.4 Å². The normalized spacial score (nSPS) is 15.5.